The maximum absolute atomic E-state index is 4.53. The van der Waals surface area contributed by atoms with Gasteiger partial charge in [0, 0.05) is 36.2 Å². The zero-order valence-electron chi connectivity index (χ0n) is 11.0. The van der Waals surface area contributed by atoms with Crippen LogP contribution >= 0.6 is 0 Å². The molecule has 1 N–H and O–H groups in total. The molecule has 0 fully saturated rings. The number of hydrogen-bond acceptors (Lipinski definition) is 4. The largest absolute Gasteiger partial charge is 0.306 e. The molecular weight excluding hydrogens is 224 g/mol. The molecule has 0 aliphatic heterocycles. The van der Waals surface area contributed by atoms with Crippen LogP contribution in [0.2, 0.25) is 0 Å². The predicted molar refractivity (Wildman–Crippen MR) is 71.9 cm³/mol. The zero-order chi connectivity index (χ0) is 13.0. The van der Waals surface area contributed by atoms with Crippen LogP contribution in [0.5, 0.6) is 0 Å². The lowest BCUT2D eigenvalue weighted by atomic mass is 10.1. The van der Waals surface area contributed by atoms with Crippen LogP contribution in [-0.4, -0.2) is 20.5 Å². The van der Waals surface area contributed by atoms with Crippen molar-refractivity contribution >= 4 is 0 Å². The van der Waals surface area contributed by atoms with Gasteiger partial charge in [-0.05, 0) is 39.0 Å². The van der Waals surface area contributed by atoms with E-state index in [-0.39, 0.29) is 5.54 Å². The maximum atomic E-state index is 4.53. The van der Waals surface area contributed by atoms with E-state index in [4.69, 9.17) is 0 Å². The lowest BCUT2D eigenvalue weighted by Gasteiger charge is -2.20. The summed E-state index contributed by atoms with van der Waals surface area (Å²) in [4.78, 5) is 12.9. The topological polar surface area (TPSA) is 50.7 Å². The van der Waals surface area contributed by atoms with Crippen molar-refractivity contribution in [1.82, 2.24) is 20.3 Å². The van der Waals surface area contributed by atoms with Gasteiger partial charge in [0.05, 0.1) is 5.69 Å². The molecular formula is C14H18N4. The third-order valence-electron chi connectivity index (χ3n) is 2.43. The molecule has 2 aromatic heterocycles. The molecule has 4 heteroatoms. The van der Waals surface area contributed by atoms with Gasteiger partial charge in [0.2, 0.25) is 0 Å². The molecule has 0 bridgehead atoms. The Bertz CT molecular complexity index is 503. The molecule has 18 heavy (non-hydrogen) atoms. The molecule has 0 aliphatic rings. The highest BCUT2D eigenvalue weighted by Gasteiger charge is 2.09. The van der Waals surface area contributed by atoms with Gasteiger partial charge in [-0.3, -0.25) is 4.98 Å². The summed E-state index contributed by atoms with van der Waals surface area (Å²) < 4.78 is 0. The van der Waals surface area contributed by atoms with Crippen LogP contribution in [0, 0.1) is 0 Å². The Morgan fingerprint density at radius 2 is 2.00 bits per heavy atom. The Labute approximate surface area is 108 Å². The van der Waals surface area contributed by atoms with Crippen molar-refractivity contribution in [3.05, 3.63) is 42.5 Å². The smallest absolute Gasteiger partial charge is 0.160 e. The minimum atomic E-state index is 0.0828. The van der Waals surface area contributed by atoms with E-state index >= 15 is 0 Å². The van der Waals surface area contributed by atoms with Crippen molar-refractivity contribution in [1.29, 1.82) is 0 Å². The average molecular weight is 242 g/mol. The van der Waals surface area contributed by atoms with E-state index in [0.29, 0.717) is 0 Å². The van der Waals surface area contributed by atoms with E-state index in [1.807, 2.05) is 18.2 Å². The number of rotatable bonds is 3. The molecule has 0 saturated carbocycles. The van der Waals surface area contributed by atoms with Crippen LogP contribution in [0.25, 0.3) is 11.4 Å². The minimum absolute atomic E-state index is 0.0828. The number of aromatic nitrogens is 3. The van der Waals surface area contributed by atoms with Crippen LogP contribution in [0.3, 0.4) is 0 Å². The molecule has 0 atom stereocenters. The van der Waals surface area contributed by atoms with Crippen molar-refractivity contribution in [2.45, 2.75) is 32.9 Å². The number of nitrogens with zero attached hydrogens (tertiary/aromatic N) is 3. The summed E-state index contributed by atoms with van der Waals surface area (Å²) >= 11 is 0. The van der Waals surface area contributed by atoms with E-state index in [0.717, 1.165) is 23.6 Å². The van der Waals surface area contributed by atoms with Crippen molar-refractivity contribution in [3.63, 3.8) is 0 Å². The molecule has 0 unspecified atom stereocenters. The molecule has 2 heterocycles. The molecule has 0 aliphatic carbocycles. The lowest BCUT2D eigenvalue weighted by molar-refractivity contribution is 0.421. The van der Waals surface area contributed by atoms with Crippen LogP contribution in [0.1, 0.15) is 26.5 Å². The second-order valence-electron chi connectivity index (χ2n) is 5.22. The number of hydrogen-bond donors (Lipinski definition) is 1. The van der Waals surface area contributed by atoms with Gasteiger partial charge in [0.15, 0.2) is 5.82 Å². The molecule has 0 aromatic carbocycles. The molecule has 0 saturated heterocycles. The molecule has 0 radical (unpaired) electrons. The number of nitrogens with one attached hydrogen (secondary N) is 1. The van der Waals surface area contributed by atoms with Gasteiger partial charge < -0.3 is 5.32 Å². The van der Waals surface area contributed by atoms with Crippen LogP contribution in [0.4, 0.5) is 0 Å². The van der Waals surface area contributed by atoms with Gasteiger partial charge in [-0.15, -0.1) is 0 Å². The molecule has 0 amide bonds. The van der Waals surface area contributed by atoms with E-state index in [2.05, 4.69) is 41.0 Å². The summed E-state index contributed by atoms with van der Waals surface area (Å²) in [6.45, 7) is 7.14. The monoisotopic (exact) mass is 242 g/mol. The highest BCUT2D eigenvalue weighted by molar-refractivity contribution is 5.52. The summed E-state index contributed by atoms with van der Waals surface area (Å²) in [5, 5.41) is 3.41. The number of pyridine rings is 1. The van der Waals surface area contributed by atoms with E-state index < -0.39 is 0 Å². The van der Waals surface area contributed by atoms with Gasteiger partial charge in [-0.1, -0.05) is 0 Å². The van der Waals surface area contributed by atoms with E-state index in [1.54, 1.807) is 18.6 Å². The van der Waals surface area contributed by atoms with Crippen molar-refractivity contribution in [2.24, 2.45) is 0 Å². The highest BCUT2D eigenvalue weighted by atomic mass is 15.0. The first-order chi connectivity index (χ1) is 8.54. The lowest BCUT2D eigenvalue weighted by Crippen LogP contribution is -2.35. The zero-order valence-corrected chi connectivity index (χ0v) is 11.0. The molecule has 0 spiro atoms. The first-order valence-electron chi connectivity index (χ1n) is 6.02. The Morgan fingerprint density at radius 1 is 1.17 bits per heavy atom. The summed E-state index contributed by atoms with van der Waals surface area (Å²) in [7, 11) is 0. The SMILES string of the molecule is CC(C)(C)NCc1ccnc(-c2cccnc2)n1. The van der Waals surface area contributed by atoms with Crippen LogP contribution in [-0.2, 0) is 6.54 Å². The highest BCUT2D eigenvalue weighted by Crippen LogP contribution is 2.12. The van der Waals surface area contributed by atoms with Gasteiger partial charge >= 0.3 is 0 Å². The third kappa shape index (κ3) is 3.60. The molecule has 4 nitrogen and oxygen atoms in total. The Morgan fingerprint density at radius 3 is 2.67 bits per heavy atom. The van der Waals surface area contributed by atoms with Crippen molar-refractivity contribution in [3.8, 4) is 11.4 Å². The van der Waals surface area contributed by atoms with Gasteiger partial charge in [-0.2, -0.15) is 0 Å². The van der Waals surface area contributed by atoms with E-state index in [1.165, 1.54) is 0 Å². The van der Waals surface area contributed by atoms with Gasteiger partial charge in [0.1, 0.15) is 0 Å². The first-order valence-corrected chi connectivity index (χ1v) is 6.02. The van der Waals surface area contributed by atoms with Crippen molar-refractivity contribution < 1.29 is 0 Å². The predicted octanol–water partition coefficient (Wildman–Crippen LogP) is 2.43. The van der Waals surface area contributed by atoms with Crippen LogP contribution < -0.4 is 5.32 Å². The fourth-order valence-electron chi connectivity index (χ4n) is 1.48. The molecule has 2 rings (SSSR count). The second-order valence-corrected chi connectivity index (χ2v) is 5.22. The molecule has 2 aromatic rings. The van der Waals surface area contributed by atoms with Crippen molar-refractivity contribution in [2.75, 3.05) is 0 Å². The summed E-state index contributed by atoms with van der Waals surface area (Å²) in [6.07, 6.45) is 5.31. The van der Waals surface area contributed by atoms with E-state index in [9.17, 15) is 0 Å². The quantitative estimate of drug-likeness (QED) is 0.898. The Kier molecular flexibility index (Phi) is 3.67. The van der Waals surface area contributed by atoms with Gasteiger partial charge in [0.25, 0.3) is 0 Å². The van der Waals surface area contributed by atoms with Crippen LogP contribution in [0.15, 0.2) is 36.8 Å². The molecule has 94 valence electrons. The third-order valence-corrected chi connectivity index (χ3v) is 2.43. The normalized spacial score (nSPS) is 11.5. The fourth-order valence-corrected chi connectivity index (χ4v) is 1.48. The Balaban J connectivity index is 2.16. The summed E-state index contributed by atoms with van der Waals surface area (Å²) in [6, 6.07) is 5.78. The summed E-state index contributed by atoms with van der Waals surface area (Å²) in [5.41, 5.74) is 2.01. The average Bonchev–Trinajstić information content (AvgIpc) is 2.37. The fraction of sp³-hybridized carbons (Fsp3) is 0.357. The first kappa shape index (κ1) is 12.6. The van der Waals surface area contributed by atoms with Gasteiger partial charge in [-0.25, -0.2) is 9.97 Å². The summed E-state index contributed by atoms with van der Waals surface area (Å²) in [5.74, 6) is 0.719. The maximum Gasteiger partial charge on any atom is 0.160 e. The minimum Gasteiger partial charge on any atom is -0.306 e. The second kappa shape index (κ2) is 5.23. The Hall–Kier alpha value is -1.81. The standard InChI is InChI=1S/C14H18N4/c1-14(2,3)17-10-12-6-8-16-13(18-12)11-5-4-7-15-9-11/h4-9,17H,10H2,1-3H3.